The molecule has 0 aliphatic heterocycles. The highest BCUT2D eigenvalue weighted by Gasteiger charge is 2.23. The van der Waals surface area contributed by atoms with Gasteiger partial charge in [-0.1, -0.05) is 48.5 Å². The number of nitrogens with zero attached hydrogens (tertiary/aromatic N) is 1. The smallest absolute Gasteiger partial charge is 0.407 e. The molecule has 0 radical (unpaired) electrons. The van der Waals surface area contributed by atoms with Crippen molar-refractivity contribution in [3.8, 4) is 16.9 Å². The summed E-state index contributed by atoms with van der Waals surface area (Å²) in [4.78, 5) is 23.9. The van der Waals surface area contributed by atoms with Gasteiger partial charge in [-0.25, -0.2) is 9.18 Å². The highest BCUT2D eigenvalue weighted by Crippen LogP contribution is 2.36. The van der Waals surface area contributed by atoms with Crippen molar-refractivity contribution in [1.82, 2.24) is 10.5 Å². The van der Waals surface area contributed by atoms with Crippen molar-refractivity contribution in [2.75, 3.05) is 5.73 Å². The number of amides is 1. The molecule has 9 nitrogen and oxygen atoms in total. The van der Waals surface area contributed by atoms with Gasteiger partial charge in [-0.15, -0.1) is 0 Å². The lowest BCUT2D eigenvalue weighted by Crippen LogP contribution is -2.32. The molecule has 4 aromatic rings. The van der Waals surface area contributed by atoms with Crippen molar-refractivity contribution in [1.29, 1.82) is 0 Å². The van der Waals surface area contributed by atoms with Gasteiger partial charge in [-0.05, 0) is 51.0 Å². The molecule has 0 fully saturated rings. The second-order valence-electron chi connectivity index (χ2n) is 10.3. The number of nitrogen functional groups attached to an aromatic ring is 1. The predicted octanol–water partition coefficient (Wildman–Crippen LogP) is 6.40. The summed E-state index contributed by atoms with van der Waals surface area (Å²) in [5.74, 6) is -1.62. The molecule has 0 saturated heterocycles. The van der Waals surface area contributed by atoms with Crippen molar-refractivity contribution in [3.05, 3.63) is 77.1 Å². The van der Waals surface area contributed by atoms with Crippen LogP contribution < -0.4 is 15.8 Å². The van der Waals surface area contributed by atoms with Gasteiger partial charge in [-0.2, -0.15) is 0 Å². The topological polar surface area (TPSA) is 137 Å². The Morgan fingerprint density at radius 3 is 2.58 bits per heavy atom. The first kappa shape index (κ1) is 28.4. The molecule has 40 heavy (non-hydrogen) atoms. The van der Waals surface area contributed by atoms with Crippen LogP contribution in [0.1, 0.15) is 56.7 Å². The number of rotatable bonds is 9. The van der Waals surface area contributed by atoms with Gasteiger partial charge in [-0.3, -0.25) is 4.79 Å². The van der Waals surface area contributed by atoms with Crippen molar-refractivity contribution in [2.45, 2.75) is 58.8 Å². The SMILES string of the molecule is CCC(C(=O)O)c1ccccc1OCc1cc(-c2cccc(CNC(=O)OC(C)(C)C)c2F)c2onc(N)c2c1. The predicted molar refractivity (Wildman–Crippen MR) is 148 cm³/mol. The van der Waals surface area contributed by atoms with Gasteiger partial charge in [0.2, 0.25) is 0 Å². The van der Waals surface area contributed by atoms with Crippen molar-refractivity contribution >= 4 is 28.8 Å². The second-order valence-corrected chi connectivity index (χ2v) is 10.3. The van der Waals surface area contributed by atoms with Gasteiger partial charge in [0.1, 0.15) is 23.8 Å². The number of halogens is 1. The van der Waals surface area contributed by atoms with Crippen LogP contribution in [0, 0.1) is 5.82 Å². The molecule has 0 aliphatic rings. The minimum Gasteiger partial charge on any atom is -0.489 e. The summed E-state index contributed by atoms with van der Waals surface area (Å²) in [7, 11) is 0. The van der Waals surface area contributed by atoms with Crippen LogP contribution in [0.3, 0.4) is 0 Å². The Morgan fingerprint density at radius 2 is 1.88 bits per heavy atom. The first-order valence-electron chi connectivity index (χ1n) is 12.9. The van der Waals surface area contributed by atoms with Crippen LogP contribution in [0.2, 0.25) is 0 Å². The molecule has 1 heterocycles. The molecule has 4 rings (SSSR count). The fourth-order valence-corrected chi connectivity index (χ4v) is 4.40. The molecule has 10 heteroatoms. The maximum Gasteiger partial charge on any atom is 0.407 e. The average molecular weight is 550 g/mol. The van der Waals surface area contributed by atoms with Crippen LogP contribution in [0.4, 0.5) is 15.0 Å². The minimum absolute atomic E-state index is 0.0577. The monoisotopic (exact) mass is 549 g/mol. The number of carbonyl (C=O) groups excluding carboxylic acids is 1. The Balaban J connectivity index is 1.66. The molecule has 210 valence electrons. The third kappa shape index (κ3) is 6.33. The number of ether oxygens (including phenoxy) is 2. The second kappa shape index (κ2) is 11.6. The van der Waals surface area contributed by atoms with Gasteiger partial charge >= 0.3 is 12.1 Å². The Kier molecular flexibility index (Phi) is 8.27. The summed E-state index contributed by atoms with van der Waals surface area (Å²) >= 11 is 0. The minimum atomic E-state index is -0.934. The molecule has 0 saturated carbocycles. The molecule has 1 amide bonds. The van der Waals surface area contributed by atoms with Crippen LogP contribution >= 0.6 is 0 Å². The quantitative estimate of drug-likeness (QED) is 0.218. The van der Waals surface area contributed by atoms with E-state index in [2.05, 4.69) is 10.5 Å². The van der Waals surface area contributed by atoms with Gasteiger partial charge in [0, 0.05) is 28.8 Å². The number of para-hydroxylation sites is 1. The number of carboxylic acids is 1. The van der Waals surface area contributed by atoms with Gasteiger partial charge in [0.25, 0.3) is 0 Å². The number of hydrogen-bond donors (Lipinski definition) is 3. The Bertz CT molecular complexity index is 1540. The number of nitrogens with two attached hydrogens (primary N) is 1. The lowest BCUT2D eigenvalue weighted by atomic mass is 9.95. The third-order valence-electron chi connectivity index (χ3n) is 6.25. The number of anilines is 1. The fraction of sp³-hybridized carbons (Fsp3) is 0.300. The molecular weight excluding hydrogens is 517 g/mol. The van der Waals surface area contributed by atoms with Crippen LogP contribution in [0.15, 0.2) is 59.1 Å². The number of fused-ring (bicyclic) bond motifs is 1. The number of hydrogen-bond acceptors (Lipinski definition) is 7. The number of nitrogens with one attached hydrogen (secondary N) is 1. The van der Waals surface area contributed by atoms with E-state index in [1.165, 1.54) is 0 Å². The van der Waals surface area contributed by atoms with Crippen molar-refractivity contribution < 1.29 is 33.1 Å². The van der Waals surface area contributed by atoms with E-state index >= 15 is 4.39 Å². The van der Waals surface area contributed by atoms with Gasteiger partial charge in [0.05, 0.1) is 11.3 Å². The van der Waals surface area contributed by atoms with E-state index < -0.39 is 29.4 Å². The van der Waals surface area contributed by atoms with Crippen LogP contribution in [-0.4, -0.2) is 27.9 Å². The standard InChI is InChI=1S/C30H32FN3O6/c1-5-19(28(35)36)20-10-6-7-12-24(20)38-16-17-13-22(26-23(14-17)27(32)34-40-26)21-11-8-9-18(25(21)31)15-33-29(37)39-30(2,3)4/h6-14,19H,5,15-16H2,1-4H3,(H2,32,34)(H,33,37)(H,35,36). The summed E-state index contributed by atoms with van der Waals surface area (Å²) in [6.45, 7) is 7.00. The van der Waals surface area contributed by atoms with E-state index in [1.54, 1.807) is 82.3 Å². The molecule has 0 spiro atoms. The maximum absolute atomic E-state index is 15.7. The largest absolute Gasteiger partial charge is 0.489 e. The maximum atomic E-state index is 15.7. The van der Waals surface area contributed by atoms with E-state index in [1.807, 2.05) is 0 Å². The molecule has 1 unspecified atom stereocenters. The van der Waals surface area contributed by atoms with Crippen LogP contribution in [0.5, 0.6) is 5.75 Å². The molecule has 4 N–H and O–H groups in total. The highest BCUT2D eigenvalue weighted by molar-refractivity contribution is 5.98. The summed E-state index contributed by atoms with van der Waals surface area (Å²) in [5, 5.41) is 16.6. The van der Waals surface area contributed by atoms with Crippen LogP contribution in [0.25, 0.3) is 22.1 Å². The molecule has 0 bridgehead atoms. The molecule has 1 atom stereocenters. The number of alkyl carbamates (subject to hydrolysis) is 1. The summed E-state index contributed by atoms with van der Waals surface area (Å²) < 4.78 is 32.5. The fourth-order valence-electron chi connectivity index (χ4n) is 4.40. The summed E-state index contributed by atoms with van der Waals surface area (Å²) in [5.41, 5.74) is 7.76. The molecular formula is C30H32FN3O6. The lowest BCUT2D eigenvalue weighted by Gasteiger charge is -2.20. The Hall–Kier alpha value is -4.60. The normalized spacial score (nSPS) is 12.2. The average Bonchev–Trinajstić information content (AvgIpc) is 3.27. The third-order valence-corrected chi connectivity index (χ3v) is 6.25. The van der Waals surface area contributed by atoms with Gasteiger partial charge < -0.3 is 30.2 Å². The number of aromatic nitrogens is 1. The number of aliphatic carboxylic acids is 1. The van der Waals surface area contributed by atoms with Crippen LogP contribution in [-0.2, 0) is 22.7 Å². The first-order valence-corrected chi connectivity index (χ1v) is 12.9. The number of carboxylic acid groups (broad SMARTS) is 1. The van der Waals surface area contributed by atoms with Gasteiger partial charge in [0.15, 0.2) is 11.4 Å². The van der Waals surface area contributed by atoms with E-state index in [0.29, 0.717) is 39.8 Å². The Morgan fingerprint density at radius 1 is 1.12 bits per heavy atom. The van der Waals surface area contributed by atoms with Crippen molar-refractivity contribution in [2.24, 2.45) is 0 Å². The Labute approximate surface area is 231 Å². The first-order chi connectivity index (χ1) is 19.0. The summed E-state index contributed by atoms with van der Waals surface area (Å²) in [6, 6.07) is 15.3. The summed E-state index contributed by atoms with van der Waals surface area (Å²) in [6.07, 6.45) is -0.253. The van der Waals surface area contributed by atoms with Crippen molar-refractivity contribution in [3.63, 3.8) is 0 Å². The zero-order chi connectivity index (χ0) is 29.0. The number of benzene rings is 3. The zero-order valence-corrected chi connectivity index (χ0v) is 22.8. The zero-order valence-electron chi connectivity index (χ0n) is 22.8. The van der Waals surface area contributed by atoms with E-state index in [9.17, 15) is 14.7 Å². The number of carbonyl (C=O) groups is 2. The van der Waals surface area contributed by atoms with E-state index in [-0.39, 0.29) is 30.1 Å². The molecule has 1 aromatic heterocycles. The van der Waals surface area contributed by atoms with E-state index in [4.69, 9.17) is 19.7 Å². The molecule has 3 aromatic carbocycles. The highest BCUT2D eigenvalue weighted by atomic mass is 19.1. The molecule has 0 aliphatic carbocycles. The lowest BCUT2D eigenvalue weighted by molar-refractivity contribution is -0.138. The van der Waals surface area contributed by atoms with E-state index in [0.717, 1.165) is 0 Å².